The van der Waals surface area contributed by atoms with Crippen molar-refractivity contribution in [2.45, 2.75) is 19.4 Å². The molecule has 4 aromatic heterocycles. The molecular weight excluding hydrogens is 444 g/mol. The van der Waals surface area contributed by atoms with Crippen LogP contribution >= 0.6 is 0 Å². The van der Waals surface area contributed by atoms with Crippen LogP contribution in [0.5, 0.6) is 5.88 Å². The fourth-order valence-electron chi connectivity index (χ4n) is 3.98. The van der Waals surface area contributed by atoms with Crippen LogP contribution in [-0.4, -0.2) is 46.6 Å². The van der Waals surface area contributed by atoms with E-state index in [4.69, 9.17) is 10.5 Å². The molecule has 0 aliphatic heterocycles. The van der Waals surface area contributed by atoms with Crippen molar-refractivity contribution in [1.82, 2.24) is 39.5 Å². The topological polar surface area (TPSA) is 122 Å². The van der Waals surface area contributed by atoms with E-state index in [2.05, 4.69) is 30.2 Å². The Balaban J connectivity index is 1.67. The lowest BCUT2D eigenvalue weighted by molar-refractivity contribution is 0.398. The Hall–Kier alpha value is -4.48. The molecule has 34 heavy (non-hydrogen) atoms. The summed E-state index contributed by atoms with van der Waals surface area (Å²) in [6.07, 6.45) is 8.41. The van der Waals surface area contributed by atoms with Gasteiger partial charge in [0.2, 0.25) is 5.88 Å². The van der Waals surface area contributed by atoms with Crippen molar-refractivity contribution in [2.24, 2.45) is 0 Å². The van der Waals surface area contributed by atoms with Crippen LogP contribution in [0.3, 0.4) is 0 Å². The zero-order valence-corrected chi connectivity index (χ0v) is 18.2. The molecule has 4 heterocycles. The van der Waals surface area contributed by atoms with Crippen LogP contribution in [0, 0.1) is 11.6 Å². The Bertz CT molecular complexity index is 1500. The van der Waals surface area contributed by atoms with Gasteiger partial charge in [-0.25, -0.2) is 33.4 Å². The highest BCUT2D eigenvalue weighted by Gasteiger charge is 2.25. The molecule has 2 N–H and O–H groups in total. The minimum atomic E-state index is -1.00. The molecule has 10 nitrogen and oxygen atoms in total. The number of benzene rings is 1. The molecule has 5 aromatic rings. The third-order valence-electron chi connectivity index (χ3n) is 5.55. The number of halogens is 2. The number of ether oxygens (including phenoxy) is 1. The highest BCUT2D eigenvalue weighted by molar-refractivity contribution is 6.01. The number of methoxy groups -OCH3 is 1. The minimum Gasteiger partial charge on any atom is -0.480 e. The van der Waals surface area contributed by atoms with E-state index < -0.39 is 11.6 Å². The van der Waals surface area contributed by atoms with Crippen LogP contribution in [0.4, 0.5) is 14.6 Å². The monoisotopic (exact) mass is 463 g/mol. The van der Waals surface area contributed by atoms with Crippen LogP contribution < -0.4 is 10.5 Å². The maximum atomic E-state index is 14.3. The molecule has 172 valence electrons. The van der Waals surface area contributed by atoms with Crippen molar-refractivity contribution in [2.75, 3.05) is 12.8 Å². The van der Waals surface area contributed by atoms with Gasteiger partial charge in [-0.2, -0.15) is 0 Å². The summed E-state index contributed by atoms with van der Waals surface area (Å²) in [5.41, 5.74) is 8.60. The molecule has 0 aliphatic carbocycles. The quantitative estimate of drug-likeness (QED) is 0.407. The molecule has 0 unspecified atom stereocenters. The smallest absolute Gasteiger partial charge is 0.224 e. The van der Waals surface area contributed by atoms with Crippen LogP contribution in [-0.2, 0) is 0 Å². The zero-order valence-electron chi connectivity index (χ0n) is 18.2. The van der Waals surface area contributed by atoms with E-state index >= 15 is 0 Å². The number of fused-ring (bicyclic) bond motifs is 1. The van der Waals surface area contributed by atoms with Crippen LogP contribution in [0.2, 0.25) is 0 Å². The van der Waals surface area contributed by atoms with Gasteiger partial charge in [0.25, 0.3) is 0 Å². The average molecular weight is 463 g/mol. The Morgan fingerprint density at radius 1 is 1.09 bits per heavy atom. The second-order valence-corrected chi connectivity index (χ2v) is 7.44. The van der Waals surface area contributed by atoms with Crippen LogP contribution in [0.1, 0.15) is 25.1 Å². The molecule has 5 rings (SSSR count). The highest BCUT2D eigenvalue weighted by Crippen LogP contribution is 2.38. The van der Waals surface area contributed by atoms with Crippen LogP contribution in [0.15, 0.2) is 49.4 Å². The average Bonchev–Trinajstić information content (AvgIpc) is 3.48. The van der Waals surface area contributed by atoms with Gasteiger partial charge in [0.1, 0.15) is 35.5 Å². The minimum absolute atomic E-state index is 0.0376. The van der Waals surface area contributed by atoms with Gasteiger partial charge in [-0.3, -0.25) is 0 Å². The number of nitrogens with two attached hydrogens (primary N) is 1. The summed E-state index contributed by atoms with van der Waals surface area (Å²) in [6, 6.07) is 3.54. The predicted molar refractivity (Wildman–Crippen MR) is 119 cm³/mol. The van der Waals surface area contributed by atoms with E-state index in [0.717, 1.165) is 6.07 Å². The van der Waals surface area contributed by atoms with Gasteiger partial charge >= 0.3 is 0 Å². The van der Waals surface area contributed by atoms with E-state index in [1.807, 2.05) is 17.7 Å². The normalized spacial score (nSPS) is 12.2. The first-order chi connectivity index (χ1) is 16.5. The molecule has 0 radical (unpaired) electrons. The molecule has 0 saturated heterocycles. The van der Waals surface area contributed by atoms with Gasteiger partial charge in [-0.1, -0.05) is 18.2 Å². The lowest BCUT2D eigenvalue weighted by Gasteiger charge is -2.15. The summed E-state index contributed by atoms with van der Waals surface area (Å²) >= 11 is 0. The van der Waals surface area contributed by atoms with Crippen molar-refractivity contribution in [3.05, 3.63) is 66.8 Å². The predicted octanol–water partition coefficient (Wildman–Crippen LogP) is 3.34. The molecular formula is C22H19F2N9O. The second kappa shape index (κ2) is 8.46. The molecule has 0 aliphatic rings. The molecule has 1 atom stereocenters. The zero-order chi connectivity index (χ0) is 23.8. The third-order valence-corrected chi connectivity index (χ3v) is 5.55. The van der Waals surface area contributed by atoms with Gasteiger partial charge < -0.3 is 15.0 Å². The number of hydrogen-bond donors (Lipinski definition) is 1. The van der Waals surface area contributed by atoms with Crippen molar-refractivity contribution in [3.63, 3.8) is 0 Å². The maximum Gasteiger partial charge on any atom is 0.224 e. The first-order valence-corrected chi connectivity index (χ1v) is 10.4. The standard InChI is InChI=1S/C22H19F2N9O/c1-3-16(15-9-33(31-30-15)17-6-4-5-14(23)19(17)24)32-8-13(12-7-26-10-29-22(12)34-2)18-20(25)27-11-28-21(18)32/h4-11,16H,3H2,1-2H3,(H2,25,27,28)/t16-/m0/s1. The van der Waals surface area contributed by atoms with Gasteiger partial charge in [0, 0.05) is 18.0 Å². The summed E-state index contributed by atoms with van der Waals surface area (Å²) in [7, 11) is 1.52. The molecule has 12 heteroatoms. The second-order valence-electron chi connectivity index (χ2n) is 7.44. The fraction of sp³-hybridized carbons (Fsp3) is 0.182. The largest absolute Gasteiger partial charge is 0.480 e. The molecule has 0 amide bonds. The van der Waals surface area contributed by atoms with E-state index in [1.54, 1.807) is 12.4 Å². The first-order valence-electron chi connectivity index (χ1n) is 10.4. The van der Waals surface area contributed by atoms with Crippen molar-refractivity contribution >= 4 is 16.9 Å². The Morgan fingerprint density at radius 3 is 2.74 bits per heavy atom. The molecule has 0 fully saturated rings. The molecule has 1 aromatic carbocycles. The maximum absolute atomic E-state index is 14.3. The first kappa shape index (κ1) is 21.4. The number of anilines is 1. The number of hydrogen-bond acceptors (Lipinski definition) is 8. The van der Waals surface area contributed by atoms with Gasteiger partial charge in [-0.15, -0.1) is 5.10 Å². The highest BCUT2D eigenvalue weighted by atomic mass is 19.2. The van der Waals surface area contributed by atoms with Gasteiger partial charge in [0.15, 0.2) is 11.6 Å². The Kier molecular flexibility index (Phi) is 5.32. The van der Waals surface area contributed by atoms with Gasteiger partial charge in [-0.05, 0) is 18.6 Å². The van der Waals surface area contributed by atoms with Crippen molar-refractivity contribution < 1.29 is 13.5 Å². The Labute approximate surface area is 192 Å². The summed E-state index contributed by atoms with van der Waals surface area (Å²) in [5, 5.41) is 8.87. The molecule has 0 bridgehead atoms. The van der Waals surface area contributed by atoms with E-state index in [1.165, 1.54) is 36.6 Å². The lowest BCUT2D eigenvalue weighted by Crippen LogP contribution is -2.10. The lowest BCUT2D eigenvalue weighted by atomic mass is 10.1. The summed E-state index contributed by atoms with van der Waals surface area (Å²) in [5.74, 6) is -1.31. The number of aromatic nitrogens is 8. The Morgan fingerprint density at radius 2 is 1.94 bits per heavy atom. The van der Waals surface area contributed by atoms with E-state index in [9.17, 15) is 8.78 Å². The third kappa shape index (κ3) is 3.39. The van der Waals surface area contributed by atoms with Crippen molar-refractivity contribution in [3.8, 4) is 22.7 Å². The van der Waals surface area contributed by atoms with E-state index in [0.29, 0.717) is 40.2 Å². The summed E-state index contributed by atoms with van der Waals surface area (Å²) in [6.45, 7) is 1.97. The fourth-order valence-corrected chi connectivity index (χ4v) is 3.98. The SMILES string of the molecule is CC[C@@H](c1cn(-c2cccc(F)c2F)nn1)n1cc(-c2cncnc2OC)c2c(N)ncnc21. The molecule has 0 saturated carbocycles. The summed E-state index contributed by atoms with van der Waals surface area (Å²) < 4.78 is 36.5. The summed E-state index contributed by atoms with van der Waals surface area (Å²) in [4.78, 5) is 16.9. The van der Waals surface area contributed by atoms with Crippen LogP contribution in [0.25, 0.3) is 27.8 Å². The van der Waals surface area contributed by atoms with Crippen molar-refractivity contribution in [1.29, 1.82) is 0 Å². The van der Waals surface area contributed by atoms with Gasteiger partial charge in [0.05, 0.1) is 30.3 Å². The van der Waals surface area contributed by atoms with E-state index in [-0.39, 0.29) is 17.5 Å². The number of nitrogens with zero attached hydrogens (tertiary/aromatic N) is 8. The number of nitrogen functional groups attached to an aromatic ring is 1. The number of rotatable bonds is 6. The molecule has 0 spiro atoms.